The summed E-state index contributed by atoms with van der Waals surface area (Å²) < 4.78 is 5.65. The van der Waals surface area contributed by atoms with Gasteiger partial charge in [-0.25, -0.2) is 0 Å². The van der Waals surface area contributed by atoms with Crippen molar-refractivity contribution in [2.45, 2.75) is 64.1 Å². The summed E-state index contributed by atoms with van der Waals surface area (Å²) in [5.41, 5.74) is 12.1. The van der Waals surface area contributed by atoms with E-state index in [4.69, 9.17) is 16.2 Å². The Morgan fingerprint density at radius 3 is 2.52 bits per heavy atom. The van der Waals surface area contributed by atoms with E-state index in [-0.39, 0.29) is 18.5 Å². The van der Waals surface area contributed by atoms with E-state index >= 15 is 0 Å². The van der Waals surface area contributed by atoms with Crippen molar-refractivity contribution in [3.63, 3.8) is 0 Å². The highest BCUT2D eigenvalue weighted by Gasteiger charge is 2.31. The van der Waals surface area contributed by atoms with Gasteiger partial charge in [-0.3, -0.25) is 19.7 Å². The van der Waals surface area contributed by atoms with E-state index in [1.54, 1.807) is 6.07 Å². The van der Waals surface area contributed by atoms with Crippen LogP contribution in [-0.4, -0.2) is 29.4 Å². The van der Waals surface area contributed by atoms with Crippen molar-refractivity contribution >= 4 is 29.1 Å². The second kappa shape index (κ2) is 9.62. The molecule has 0 bridgehead atoms. The Kier molecular flexibility index (Phi) is 7.12. The summed E-state index contributed by atoms with van der Waals surface area (Å²) in [5, 5.41) is 3.28. The van der Waals surface area contributed by atoms with Gasteiger partial charge in [0.15, 0.2) is 0 Å². The summed E-state index contributed by atoms with van der Waals surface area (Å²) in [7, 11) is 0. The molecule has 31 heavy (non-hydrogen) atoms. The predicted molar refractivity (Wildman–Crippen MR) is 120 cm³/mol. The Labute approximate surface area is 186 Å². The maximum Gasteiger partial charge on any atom is 0.326 e. The van der Waals surface area contributed by atoms with Gasteiger partial charge in [0.05, 0.1) is 12.0 Å². The van der Waals surface area contributed by atoms with Crippen molar-refractivity contribution in [1.82, 2.24) is 5.32 Å². The zero-order valence-electron chi connectivity index (χ0n) is 17.9. The Bertz CT molecular complexity index is 977. The van der Waals surface area contributed by atoms with Crippen LogP contribution in [0.25, 0.3) is 10.4 Å². The van der Waals surface area contributed by atoms with Crippen LogP contribution in [0.1, 0.15) is 60.3 Å². The summed E-state index contributed by atoms with van der Waals surface area (Å²) in [6.45, 7) is 4.12. The molecule has 1 aromatic carbocycles. The third-order valence-corrected chi connectivity index (χ3v) is 6.63. The summed E-state index contributed by atoms with van der Waals surface area (Å²) in [6.07, 6.45) is 4.11. The first-order valence-electron chi connectivity index (χ1n) is 10.4. The molecule has 2 aromatic rings. The fraction of sp³-hybridized carbons (Fsp3) is 0.435. The fourth-order valence-corrected chi connectivity index (χ4v) is 4.77. The zero-order chi connectivity index (χ0) is 22.6. The largest absolute Gasteiger partial charge is 0.461 e. The molecule has 1 aromatic heterocycles. The van der Waals surface area contributed by atoms with Gasteiger partial charge >= 0.3 is 5.97 Å². The number of nitrogens with one attached hydrogen (secondary N) is 1. The van der Waals surface area contributed by atoms with Gasteiger partial charge in [0, 0.05) is 16.3 Å². The molecule has 1 fully saturated rings. The van der Waals surface area contributed by atoms with E-state index in [0.717, 1.165) is 41.7 Å². The van der Waals surface area contributed by atoms with E-state index in [1.807, 2.05) is 38.1 Å². The minimum Gasteiger partial charge on any atom is -0.461 e. The van der Waals surface area contributed by atoms with Gasteiger partial charge in [0.1, 0.15) is 11.6 Å². The van der Waals surface area contributed by atoms with E-state index in [9.17, 15) is 14.4 Å². The van der Waals surface area contributed by atoms with Crippen molar-refractivity contribution in [2.75, 3.05) is 0 Å². The van der Waals surface area contributed by atoms with Crippen LogP contribution in [-0.2, 0) is 27.3 Å². The highest BCUT2D eigenvalue weighted by molar-refractivity contribution is 7.16. The smallest absolute Gasteiger partial charge is 0.326 e. The number of nitrogens with two attached hydrogens (primary N) is 2. The number of ether oxygens (including phenoxy) is 1. The van der Waals surface area contributed by atoms with E-state index < -0.39 is 17.4 Å². The predicted octanol–water partition coefficient (Wildman–Crippen LogP) is 2.90. The minimum atomic E-state index is -0.810. The number of esters is 1. The monoisotopic (exact) mass is 443 g/mol. The van der Waals surface area contributed by atoms with Crippen LogP contribution in [0.4, 0.5) is 0 Å². The van der Waals surface area contributed by atoms with Crippen molar-refractivity contribution in [3.8, 4) is 10.4 Å². The molecule has 1 aliphatic rings. The van der Waals surface area contributed by atoms with Gasteiger partial charge < -0.3 is 16.2 Å². The highest BCUT2D eigenvalue weighted by atomic mass is 32.1. The number of hydrogen-bond acceptors (Lipinski definition) is 6. The number of carbonyl (C=O) groups is 3. The van der Waals surface area contributed by atoms with Gasteiger partial charge in [-0.2, -0.15) is 0 Å². The van der Waals surface area contributed by atoms with Crippen LogP contribution in [0.3, 0.4) is 0 Å². The average molecular weight is 444 g/mol. The lowest BCUT2D eigenvalue weighted by Crippen LogP contribution is -2.48. The maximum absolute atomic E-state index is 12.6. The third-order valence-electron chi connectivity index (χ3n) is 5.44. The van der Waals surface area contributed by atoms with Gasteiger partial charge in [0.2, 0.25) is 11.8 Å². The van der Waals surface area contributed by atoms with Crippen molar-refractivity contribution in [1.29, 1.82) is 0 Å². The molecule has 0 atom stereocenters. The number of thiophene rings is 1. The first kappa shape index (κ1) is 23.0. The molecule has 1 aliphatic carbocycles. The maximum atomic E-state index is 12.6. The van der Waals surface area contributed by atoms with Crippen molar-refractivity contribution < 1.29 is 19.1 Å². The highest BCUT2D eigenvalue weighted by Crippen LogP contribution is 2.32. The molecule has 2 amide bonds. The quantitative estimate of drug-likeness (QED) is 0.514. The molecule has 0 spiro atoms. The number of carbonyl (C=O) groups excluding carboxylic acids is 3. The topological polar surface area (TPSA) is 125 Å². The lowest BCUT2D eigenvalue weighted by Gasteiger charge is -2.26. The summed E-state index contributed by atoms with van der Waals surface area (Å²) >= 11 is 1.33. The lowest BCUT2D eigenvalue weighted by molar-refractivity contribution is -0.155. The molecular formula is C23H29N3O4S. The molecule has 0 aliphatic heterocycles. The third kappa shape index (κ3) is 5.92. The molecule has 166 valence electrons. The van der Waals surface area contributed by atoms with Gasteiger partial charge in [0.25, 0.3) is 0 Å². The molecular weight excluding hydrogens is 414 g/mol. The molecule has 7 nitrogen and oxygen atoms in total. The van der Waals surface area contributed by atoms with Gasteiger partial charge in [-0.05, 0) is 62.8 Å². The van der Waals surface area contributed by atoms with E-state index in [0.29, 0.717) is 17.0 Å². The van der Waals surface area contributed by atoms with Crippen LogP contribution in [0, 0.1) is 0 Å². The molecule has 5 N–H and O–H groups in total. The summed E-state index contributed by atoms with van der Waals surface area (Å²) in [4.78, 5) is 37.0. The van der Waals surface area contributed by atoms with E-state index in [1.165, 1.54) is 11.3 Å². The Morgan fingerprint density at radius 2 is 1.87 bits per heavy atom. The van der Waals surface area contributed by atoms with Gasteiger partial charge in [-0.15, -0.1) is 11.3 Å². The Hall–Kier alpha value is -2.71. The molecule has 8 heteroatoms. The van der Waals surface area contributed by atoms with Crippen LogP contribution in [0.15, 0.2) is 30.3 Å². The number of benzene rings is 1. The number of rotatable bonds is 9. The van der Waals surface area contributed by atoms with E-state index in [2.05, 4.69) is 5.32 Å². The normalized spacial score (nSPS) is 14.5. The second-order valence-electron chi connectivity index (χ2n) is 8.45. The van der Waals surface area contributed by atoms with Gasteiger partial charge in [-0.1, -0.05) is 18.2 Å². The second-order valence-corrected chi connectivity index (χ2v) is 9.58. The zero-order valence-corrected chi connectivity index (χ0v) is 18.7. The summed E-state index contributed by atoms with van der Waals surface area (Å²) in [5.74, 6) is -1.34. The summed E-state index contributed by atoms with van der Waals surface area (Å²) in [6, 6.07) is 9.47. The number of amides is 2. The first-order valence-corrected chi connectivity index (χ1v) is 11.2. The molecule has 0 unspecified atom stereocenters. The molecule has 0 radical (unpaired) electrons. The molecule has 0 saturated heterocycles. The SMILES string of the molecule is CC(C)(NCc1cccc(-c2cc(C(N)=O)c(CC(N)=O)s2)c1)C(=O)OC1CCCC1. The van der Waals surface area contributed by atoms with Crippen LogP contribution in [0.5, 0.6) is 0 Å². The molecule has 3 rings (SSSR count). The van der Waals surface area contributed by atoms with Crippen molar-refractivity contribution in [2.24, 2.45) is 11.5 Å². The Balaban J connectivity index is 1.71. The van der Waals surface area contributed by atoms with Crippen LogP contribution < -0.4 is 16.8 Å². The first-order chi connectivity index (χ1) is 14.7. The fourth-order valence-electron chi connectivity index (χ4n) is 3.60. The molecule has 1 saturated carbocycles. The molecule has 1 heterocycles. The van der Waals surface area contributed by atoms with Crippen LogP contribution >= 0.6 is 11.3 Å². The van der Waals surface area contributed by atoms with Crippen LogP contribution in [0.2, 0.25) is 0 Å². The standard InChI is InChI=1S/C23H29N3O4S/c1-23(2,22(29)30-16-8-3-4-9-16)26-13-14-6-5-7-15(10-14)18-11-17(21(25)28)19(31-18)12-20(24)27/h5-7,10-11,16,26H,3-4,8-9,12-13H2,1-2H3,(H2,24,27)(H2,25,28). The number of primary amides is 2. The Morgan fingerprint density at radius 1 is 1.16 bits per heavy atom. The lowest BCUT2D eigenvalue weighted by atomic mass is 10.0. The van der Waals surface area contributed by atoms with Crippen molar-refractivity contribution in [3.05, 3.63) is 46.3 Å². The minimum absolute atomic E-state index is 0.0263. The number of hydrogen-bond donors (Lipinski definition) is 3. The average Bonchev–Trinajstić information content (AvgIpc) is 3.36.